The molecule has 1 aliphatic rings. The second-order valence-electron chi connectivity index (χ2n) is 5.50. The van der Waals surface area contributed by atoms with E-state index in [1.807, 2.05) is 0 Å². The van der Waals surface area contributed by atoms with Gasteiger partial charge in [0.05, 0.1) is 6.42 Å². The van der Waals surface area contributed by atoms with Gasteiger partial charge in [-0.05, 0) is 24.2 Å². The first kappa shape index (κ1) is 14.8. The molecule has 1 unspecified atom stereocenters. The van der Waals surface area contributed by atoms with Gasteiger partial charge in [-0.1, -0.05) is 26.7 Å². The highest BCUT2D eigenvalue weighted by Gasteiger charge is 2.39. The minimum atomic E-state index is -0.781. The standard InChI is InChI=1S/C13H24N2O3/c1-3-10(2)8-14-12(18)15-9-13(5-4-6-13)7-11(16)17/h10H,3-9H2,1-2H3,(H,16,17)(H2,14,15,18). The maximum Gasteiger partial charge on any atom is 0.314 e. The zero-order valence-corrected chi connectivity index (χ0v) is 11.3. The number of rotatable bonds is 7. The molecule has 104 valence electrons. The summed E-state index contributed by atoms with van der Waals surface area (Å²) in [6.45, 7) is 5.29. The van der Waals surface area contributed by atoms with Crippen molar-refractivity contribution in [2.75, 3.05) is 13.1 Å². The van der Waals surface area contributed by atoms with Crippen LogP contribution in [0.5, 0.6) is 0 Å². The van der Waals surface area contributed by atoms with E-state index in [9.17, 15) is 9.59 Å². The van der Waals surface area contributed by atoms with Crippen LogP contribution in [0.4, 0.5) is 4.79 Å². The van der Waals surface area contributed by atoms with Crippen LogP contribution in [0.25, 0.3) is 0 Å². The summed E-state index contributed by atoms with van der Waals surface area (Å²) in [5, 5.41) is 14.5. The quantitative estimate of drug-likeness (QED) is 0.651. The molecule has 5 heteroatoms. The lowest BCUT2D eigenvalue weighted by Crippen LogP contribution is -2.47. The van der Waals surface area contributed by atoms with Gasteiger partial charge in [-0.15, -0.1) is 0 Å². The van der Waals surface area contributed by atoms with E-state index in [2.05, 4.69) is 24.5 Å². The third kappa shape index (κ3) is 4.55. The number of carbonyl (C=O) groups excluding carboxylic acids is 1. The second kappa shape index (κ2) is 6.61. The van der Waals surface area contributed by atoms with Gasteiger partial charge in [0.25, 0.3) is 0 Å². The average Bonchev–Trinajstić information content (AvgIpc) is 2.28. The van der Waals surface area contributed by atoms with Crippen LogP contribution in [0.2, 0.25) is 0 Å². The maximum atomic E-state index is 11.6. The highest BCUT2D eigenvalue weighted by Crippen LogP contribution is 2.43. The number of carboxylic acid groups (broad SMARTS) is 1. The van der Waals surface area contributed by atoms with Crippen LogP contribution >= 0.6 is 0 Å². The molecule has 18 heavy (non-hydrogen) atoms. The summed E-state index contributed by atoms with van der Waals surface area (Å²) < 4.78 is 0. The normalized spacial score (nSPS) is 18.6. The Morgan fingerprint density at radius 3 is 2.44 bits per heavy atom. The summed E-state index contributed by atoms with van der Waals surface area (Å²) >= 11 is 0. The van der Waals surface area contributed by atoms with E-state index >= 15 is 0 Å². The van der Waals surface area contributed by atoms with Gasteiger partial charge in [0.15, 0.2) is 0 Å². The van der Waals surface area contributed by atoms with E-state index in [1.165, 1.54) is 0 Å². The molecule has 0 spiro atoms. The molecular formula is C13H24N2O3. The van der Waals surface area contributed by atoms with Gasteiger partial charge < -0.3 is 15.7 Å². The summed E-state index contributed by atoms with van der Waals surface area (Å²) in [6.07, 6.45) is 4.03. The van der Waals surface area contributed by atoms with Gasteiger partial charge in [-0.25, -0.2) is 4.79 Å². The number of nitrogens with one attached hydrogen (secondary N) is 2. The van der Waals surface area contributed by atoms with Crippen molar-refractivity contribution in [1.82, 2.24) is 10.6 Å². The van der Waals surface area contributed by atoms with Gasteiger partial charge in [-0.3, -0.25) is 4.79 Å². The van der Waals surface area contributed by atoms with E-state index < -0.39 is 5.97 Å². The number of hydrogen-bond donors (Lipinski definition) is 3. The Kier molecular flexibility index (Phi) is 5.44. The van der Waals surface area contributed by atoms with E-state index in [0.29, 0.717) is 19.0 Å². The van der Waals surface area contributed by atoms with Crippen molar-refractivity contribution in [3.05, 3.63) is 0 Å². The Morgan fingerprint density at radius 2 is 2.00 bits per heavy atom. The zero-order valence-electron chi connectivity index (χ0n) is 11.3. The monoisotopic (exact) mass is 256 g/mol. The fourth-order valence-corrected chi connectivity index (χ4v) is 2.16. The Hall–Kier alpha value is -1.26. The fraction of sp³-hybridized carbons (Fsp3) is 0.846. The van der Waals surface area contributed by atoms with Gasteiger partial charge in [0.1, 0.15) is 0 Å². The van der Waals surface area contributed by atoms with Gasteiger partial charge in [0, 0.05) is 13.1 Å². The van der Waals surface area contributed by atoms with Gasteiger partial charge in [0.2, 0.25) is 0 Å². The Bertz CT molecular complexity index is 301. The topological polar surface area (TPSA) is 78.4 Å². The average molecular weight is 256 g/mol. The molecule has 1 rings (SSSR count). The lowest BCUT2D eigenvalue weighted by atomic mass is 9.66. The summed E-state index contributed by atoms with van der Waals surface area (Å²) in [5.74, 6) is -0.316. The molecule has 1 aliphatic carbocycles. The molecule has 0 bridgehead atoms. The second-order valence-corrected chi connectivity index (χ2v) is 5.50. The van der Waals surface area contributed by atoms with Crippen LogP contribution < -0.4 is 10.6 Å². The molecule has 1 saturated carbocycles. The third-order valence-electron chi connectivity index (χ3n) is 3.87. The molecule has 2 amide bonds. The van der Waals surface area contributed by atoms with E-state index in [1.54, 1.807) is 0 Å². The van der Waals surface area contributed by atoms with Crippen molar-refractivity contribution >= 4 is 12.0 Å². The first-order chi connectivity index (χ1) is 8.47. The Labute approximate surface area is 108 Å². The van der Waals surface area contributed by atoms with Gasteiger partial charge >= 0.3 is 12.0 Å². The minimum Gasteiger partial charge on any atom is -0.481 e. The molecule has 1 fully saturated rings. The predicted molar refractivity (Wildman–Crippen MR) is 69.4 cm³/mol. The highest BCUT2D eigenvalue weighted by atomic mass is 16.4. The Balaban J connectivity index is 2.26. The van der Waals surface area contributed by atoms with Crippen LogP contribution in [0.1, 0.15) is 46.0 Å². The summed E-state index contributed by atoms with van der Waals surface area (Å²) in [4.78, 5) is 22.3. The number of amides is 2. The molecule has 3 N–H and O–H groups in total. The number of hydrogen-bond acceptors (Lipinski definition) is 2. The molecule has 0 aromatic rings. The SMILES string of the molecule is CCC(C)CNC(=O)NCC1(CC(=O)O)CCC1. The summed E-state index contributed by atoms with van der Waals surface area (Å²) in [6, 6.07) is -0.188. The molecule has 0 radical (unpaired) electrons. The van der Waals surface area contributed by atoms with Crippen molar-refractivity contribution < 1.29 is 14.7 Å². The fourth-order valence-electron chi connectivity index (χ4n) is 2.16. The molecule has 0 heterocycles. The molecule has 0 aromatic heterocycles. The zero-order chi connectivity index (χ0) is 13.6. The highest BCUT2D eigenvalue weighted by molar-refractivity contribution is 5.74. The van der Waals surface area contributed by atoms with Crippen molar-refractivity contribution in [3.8, 4) is 0 Å². The van der Waals surface area contributed by atoms with E-state index in [-0.39, 0.29) is 17.9 Å². The summed E-state index contributed by atoms with van der Waals surface area (Å²) in [5.41, 5.74) is -0.209. The lowest BCUT2D eigenvalue weighted by molar-refractivity contribution is -0.141. The van der Waals surface area contributed by atoms with E-state index in [4.69, 9.17) is 5.11 Å². The molecular weight excluding hydrogens is 232 g/mol. The van der Waals surface area contributed by atoms with Crippen molar-refractivity contribution in [2.24, 2.45) is 11.3 Å². The van der Waals surface area contributed by atoms with Crippen LogP contribution in [0.3, 0.4) is 0 Å². The minimum absolute atomic E-state index is 0.151. The molecule has 0 aliphatic heterocycles. The van der Waals surface area contributed by atoms with Crippen molar-refractivity contribution in [2.45, 2.75) is 46.0 Å². The lowest BCUT2D eigenvalue weighted by Gasteiger charge is -2.40. The first-order valence-corrected chi connectivity index (χ1v) is 6.71. The molecule has 0 saturated heterocycles. The third-order valence-corrected chi connectivity index (χ3v) is 3.87. The molecule has 1 atom stereocenters. The van der Waals surface area contributed by atoms with Crippen molar-refractivity contribution in [3.63, 3.8) is 0 Å². The number of urea groups is 1. The smallest absolute Gasteiger partial charge is 0.314 e. The van der Waals surface area contributed by atoms with E-state index in [0.717, 1.165) is 25.7 Å². The first-order valence-electron chi connectivity index (χ1n) is 6.71. The summed E-state index contributed by atoms with van der Waals surface area (Å²) in [7, 11) is 0. The van der Waals surface area contributed by atoms with Gasteiger partial charge in [-0.2, -0.15) is 0 Å². The Morgan fingerprint density at radius 1 is 1.33 bits per heavy atom. The molecule has 5 nitrogen and oxygen atoms in total. The van der Waals surface area contributed by atoms with Crippen molar-refractivity contribution in [1.29, 1.82) is 0 Å². The number of aliphatic carboxylic acids is 1. The number of carbonyl (C=O) groups is 2. The number of carboxylic acids is 1. The molecule has 0 aromatic carbocycles. The van der Waals surface area contributed by atoms with Crippen LogP contribution in [0.15, 0.2) is 0 Å². The predicted octanol–water partition coefficient (Wildman–Crippen LogP) is 1.98. The van der Waals surface area contributed by atoms with Crippen LogP contribution in [-0.2, 0) is 4.79 Å². The largest absolute Gasteiger partial charge is 0.481 e. The van der Waals surface area contributed by atoms with Crippen LogP contribution in [-0.4, -0.2) is 30.2 Å². The van der Waals surface area contributed by atoms with Crippen LogP contribution in [0, 0.1) is 11.3 Å². The maximum absolute atomic E-state index is 11.6.